The van der Waals surface area contributed by atoms with Crippen LogP contribution in [-0.4, -0.2) is 58.7 Å². The Bertz CT molecular complexity index is 1320. The van der Waals surface area contributed by atoms with Crippen molar-refractivity contribution in [2.75, 3.05) is 7.11 Å². The number of allylic oxidation sites excluding steroid dienone is 1. The number of aliphatic hydroxyl groups excluding tert-OH is 1. The molecule has 2 bridgehead atoms. The van der Waals surface area contributed by atoms with Gasteiger partial charge in [-0.05, 0) is 85.6 Å². The van der Waals surface area contributed by atoms with Gasteiger partial charge in [-0.1, -0.05) is 87.5 Å². The zero-order chi connectivity index (χ0) is 36.0. The zero-order valence-corrected chi connectivity index (χ0v) is 34.9. The molecule has 5 rings (SSSR count). The zero-order valence-electron chi connectivity index (χ0n) is 32.9. The Balaban J connectivity index is 1.73. The van der Waals surface area contributed by atoms with Crippen LogP contribution in [0.25, 0.3) is 0 Å². The van der Waals surface area contributed by atoms with Crippen LogP contribution in [0.15, 0.2) is 35.1 Å². The van der Waals surface area contributed by atoms with Crippen molar-refractivity contribution in [3.8, 4) is 0 Å². The van der Waals surface area contributed by atoms with Crippen LogP contribution in [0.1, 0.15) is 102 Å². The molecule has 0 aromatic heterocycles. The first-order valence-corrected chi connectivity index (χ1v) is 24.0. The van der Waals surface area contributed by atoms with Gasteiger partial charge in [0.2, 0.25) is 8.32 Å². The van der Waals surface area contributed by atoms with E-state index >= 15 is 0 Å². The van der Waals surface area contributed by atoms with Crippen LogP contribution < -0.4 is 0 Å². The first-order chi connectivity index (χ1) is 22.1. The SMILES string of the molecule is C=C1C2=C(C(=O)OC)[C@H]3[C@@H]4[C@@H]5[C@@H](C=C(C)[C@@H]4C[C@H]3C(C)(CC[C@H]1O)O2)[C@@H](O[Si](C(C)C)(C(C)C)C(C)C)[C@H](C)[C@H]5O[Si](C)(C)C(C)(C)C. The van der Waals surface area contributed by atoms with Gasteiger partial charge in [0.15, 0.2) is 8.32 Å². The van der Waals surface area contributed by atoms with E-state index in [2.05, 4.69) is 109 Å². The summed E-state index contributed by atoms with van der Waals surface area (Å²) in [6.07, 6.45) is 4.13. The normalized spacial score (nSPS) is 38.5. The molecule has 0 aromatic carbocycles. The summed E-state index contributed by atoms with van der Waals surface area (Å²) in [6.45, 7) is 37.3. The number of carbonyl (C=O) groups is 1. The van der Waals surface area contributed by atoms with E-state index in [1.54, 1.807) is 0 Å². The van der Waals surface area contributed by atoms with Crippen molar-refractivity contribution in [1.82, 2.24) is 0 Å². The predicted octanol–water partition coefficient (Wildman–Crippen LogP) is 9.57. The lowest BCUT2D eigenvalue weighted by Gasteiger charge is -2.49. The molecule has 48 heavy (non-hydrogen) atoms. The molecule has 0 spiro atoms. The highest BCUT2D eigenvalue weighted by atomic mass is 28.4. The molecule has 6 nitrogen and oxygen atoms in total. The van der Waals surface area contributed by atoms with Gasteiger partial charge in [0.25, 0.3) is 0 Å². The van der Waals surface area contributed by atoms with Gasteiger partial charge in [0.05, 0.1) is 31.0 Å². The summed E-state index contributed by atoms with van der Waals surface area (Å²) in [6, 6.07) is 0. The van der Waals surface area contributed by atoms with E-state index in [1.165, 1.54) is 12.7 Å². The van der Waals surface area contributed by atoms with Crippen molar-refractivity contribution in [1.29, 1.82) is 0 Å². The number of esters is 1. The lowest BCUT2D eigenvalue weighted by atomic mass is 9.63. The molecule has 2 aliphatic heterocycles. The highest BCUT2D eigenvalue weighted by Crippen LogP contribution is 2.67. The highest BCUT2D eigenvalue weighted by molar-refractivity contribution is 6.77. The van der Waals surface area contributed by atoms with Crippen LogP contribution in [0, 0.1) is 41.4 Å². The Hall–Kier alpha value is -1.20. The summed E-state index contributed by atoms with van der Waals surface area (Å²) in [7, 11) is -2.96. The number of ether oxygens (including phenoxy) is 2. The quantitative estimate of drug-likeness (QED) is 0.155. The molecule has 5 aliphatic rings. The number of methoxy groups -OCH3 is 1. The van der Waals surface area contributed by atoms with Crippen LogP contribution in [0.3, 0.4) is 0 Å². The fraction of sp³-hybridized carbons (Fsp3) is 0.825. The Morgan fingerprint density at radius 3 is 2.15 bits per heavy atom. The van der Waals surface area contributed by atoms with Crippen molar-refractivity contribution in [3.63, 3.8) is 0 Å². The molecule has 1 N–H and O–H groups in total. The largest absolute Gasteiger partial charge is 0.486 e. The molecule has 2 saturated carbocycles. The molecule has 0 radical (unpaired) electrons. The molecule has 2 heterocycles. The van der Waals surface area contributed by atoms with Gasteiger partial charge >= 0.3 is 5.97 Å². The summed E-state index contributed by atoms with van der Waals surface area (Å²) in [5.74, 6) is 1.20. The van der Waals surface area contributed by atoms with Crippen LogP contribution in [-0.2, 0) is 23.1 Å². The van der Waals surface area contributed by atoms with Gasteiger partial charge in [-0.15, -0.1) is 0 Å². The number of hydrogen-bond donors (Lipinski definition) is 1. The summed E-state index contributed by atoms with van der Waals surface area (Å²) in [5.41, 5.74) is 3.45. The maximum Gasteiger partial charge on any atom is 0.337 e. The molecule has 0 amide bonds. The average Bonchev–Trinajstić information content (AvgIpc) is 3.46. The molecular formula is C40H68O6Si2. The molecule has 3 aliphatic carbocycles. The molecule has 1 unspecified atom stereocenters. The maximum absolute atomic E-state index is 14.0. The number of rotatable bonds is 8. The first-order valence-electron chi connectivity index (χ1n) is 19.0. The minimum atomic E-state index is -2.23. The Kier molecular flexibility index (Phi) is 10.1. The molecule has 3 fully saturated rings. The Morgan fingerprint density at radius 1 is 1.04 bits per heavy atom. The third kappa shape index (κ3) is 5.70. The van der Waals surface area contributed by atoms with Gasteiger partial charge in [-0.2, -0.15) is 0 Å². The minimum Gasteiger partial charge on any atom is -0.486 e. The number of fused-ring (bicyclic) bond motifs is 8. The average molecular weight is 701 g/mol. The number of hydrogen-bond acceptors (Lipinski definition) is 6. The standard InChI is InChI=1S/C40H68O6Si2/c1-21(2)48(22(3)4,23(5)6)46-35-26(9)37(45-47(15,16)39(10,11)12)32-28(35)19-24(7)27-20-29-33(31(27)32)34(38(42)43-14)36-25(8)30(41)17-18-40(29,13)44-36/h19,21-23,26-33,35,37,41H,8,17-18,20H2,1-7,9-16H3/t26-,27-,28+,29+,30+,31-,32-,33+,35-,37+,40?/m0/s1. The Morgan fingerprint density at radius 2 is 1.62 bits per heavy atom. The van der Waals surface area contributed by atoms with Crippen molar-refractivity contribution in [2.24, 2.45) is 41.4 Å². The van der Waals surface area contributed by atoms with E-state index < -0.39 is 28.3 Å². The van der Waals surface area contributed by atoms with Crippen LogP contribution >= 0.6 is 0 Å². The van der Waals surface area contributed by atoms with Gasteiger partial charge in [0.1, 0.15) is 11.4 Å². The van der Waals surface area contributed by atoms with Gasteiger partial charge < -0.3 is 23.4 Å². The van der Waals surface area contributed by atoms with E-state index in [-0.39, 0.29) is 58.7 Å². The van der Waals surface area contributed by atoms with E-state index in [1.807, 2.05) is 0 Å². The highest BCUT2D eigenvalue weighted by Gasteiger charge is 2.67. The summed E-state index contributed by atoms with van der Waals surface area (Å²) in [5, 5.41) is 11.2. The van der Waals surface area contributed by atoms with Gasteiger partial charge in [-0.3, -0.25) is 0 Å². The summed E-state index contributed by atoms with van der Waals surface area (Å²) < 4.78 is 27.8. The van der Waals surface area contributed by atoms with E-state index in [0.29, 0.717) is 45.9 Å². The van der Waals surface area contributed by atoms with Crippen molar-refractivity contribution in [2.45, 2.75) is 161 Å². The first kappa shape index (κ1) is 38.0. The monoisotopic (exact) mass is 700 g/mol. The topological polar surface area (TPSA) is 74.2 Å². The van der Waals surface area contributed by atoms with Crippen LogP contribution in [0.4, 0.5) is 0 Å². The lowest BCUT2D eigenvalue weighted by molar-refractivity contribution is -0.140. The maximum atomic E-state index is 14.0. The lowest BCUT2D eigenvalue weighted by Crippen LogP contribution is -2.52. The second kappa shape index (κ2) is 12.8. The predicted molar refractivity (Wildman–Crippen MR) is 199 cm³/mol. The smallest absolute Gasteiger partial charge is 0.337 e. The van der Waals surface area contributed by atoms with Crippen molar-refractivity contribution in [3.05, 3.63) is 35.1 Å². The second-order valence-electron chi connectivity index (χ2n) is 18.9. The van der Waals surface area contributed by atoms with Crippen LogP contribution in [0.5, 0.6) is 0 Å². The number of aliphatic hydroxyl groups is 1. The molecular weight excluding hydrogens is 633 g/mol. The van der Waals surface area contributed by atoms with Gasteiger partial charge in [0, 0.05) is 29.2 Å². The minimum absolute atomic E-state index is 0.00467. The molecule has 272 valence electrons. The number of carbonyl (C=O) groups excluding carboxylic acids is 1. The van der Waals surface area contributed by atoms with E-state index in [9.17, 15) is 9.90 Å². The van der Waals surface area contributed by atoms with E-state index in [4.69, 9.17) is 18.3 Å². The molecule has 11 atom stereocenters. The second-order valence-corrected chi connectivity index (χ2v) is 29.1. The summed E-state index contributed by atoms with van der Waals surface area (Å²) >= 11 is 0. The molecule has 1 saturated heterocycles. The van der Waals surface area contributed by atoms with E-state index in [0.717, 1.165) is 12.8 Å². The molecule has 8 heteroatoms. The fourth-order valence-corrected chi connectivity index (χ4v) is 18.2. The summed E-state index contributed by atoms with van der Waals surface area (Å²) in [4.78, 5) is 14.0. The van der Waals surface area contributed by atoms with Crippen molar-refractivity contribution < 1.29 is 28.2 Å². The third-order valence-electron chi connectivity index (χ3n) is 14.5. The molecule has 0 aromatic rings. The van der Waals surface area contributed by atoms with Crippen molar-refractivity contribution >= 4 is 22.6 Å². The van der Waals surface area contributed by atoms with Crippen LogP contribution in [0.2, 0.25) is 34.8 Å². The van der Waals surface area contributed by atoms with Gasteiger partial charge in [-0.25, -0.2) is 4.79 Å². The fourth-order valence-electron chi connectivity index (χ4n) is 11.2. The Labute approximate surface area is 294 Å². The third-order valence-corrected chi connectivity index (χ3v) is 25.1.